The van der Waals surface area contributed by atoms with E-state index in [4.69, 9.17) is 9.40 Å². The summed E-state index contributed by atoms with van der Waals surface area (Å²) < 4.78 is 7.56. The number of fused-ring (bicyclic) bond motifs is 3. The van der Waals surface area contributed by atoms with Crippen LogP contribution in [-0.2, 0) is 5.41 Å². The van der Waals surface area contributed by atoms with Crippen LogP contribution in [0.1, 0.15) is 26.3 Å². The molecule has 0 fully saturated rings. The summed E-state index contributed by atoms with van der Waals surface area (Å²) in [5, 5.41) is 6.97. The average molecular weight is 434 g/mol. The van der Waals surface area contributed by atoms with Crippen LogP contribution in [0.4, 0.5) is 0 Å². The second kappa shape index (κ2) is 7.04. The molecule has 0 radical (unpaired) electrons. The maximum absolute atomic E-state index is 6.29. The Bertz CT molecular complexity index is 1610. The number of furan rings is 1. The molecule has 0 aliphatic carbocycles. The summed E-state index contributed by atoms with van der Waals surface area (Å²) in [5.41, 5.74) is 5.40. The Morgan fingerprint density at radius 1 is 0.781 bits per heavy atom. The molecule has 0 atom stereocenters. The summed E-state index contributed by atoms with van der Waals surface area (Å²) in [5.74, 6) is 0.876. The van der Waals surface area contributed by atoms with Crippen molar-refractivity contribution in [3.63, 3.8) is 0 Å². The van der Waals surface area contributed by atoms with Gasteiger partial charge in [0.15, 0.2) is 0 Å². The van der Waals surface area contributed by atoms with E-state index in [1.807, 2.05) is 12.3 Å². The lowest BCUT2D eigenvalue weighted by Gasteiger charge is -2.22. The second-order valence-electron chi connectivity index (χ2n) is 9.35. The summed E-state index contributed by atoms with van der Waals surface area (Å²) in [4.78, 5) is 4.80. The first-order valence-corrected chi connectivity index (χ1v) is 11.8. The monoisotopic (exact) mass is 433 g/mol. The first-order valence-electron chi connectivity index (χ1n) is 10.9. The number of aromatic nitrogens is 1. The minimum Gasteiger partial charge on any atom is -0.456 e. The van der Waals surface area contributed by atoms with Gasteiger partial charge in [-0.2, -0.15) is 0 Å². The van der Waals surface area contributed by atoms with Crippen LogP contribution in [0.15, 0.2) is 88.8 Å². The van der Waals surface area contributed by atoms with E-state index in [0.29, 0.717) is 0 Å². The molecule has 0 spiro atoms. The van der Waals surface area contributed by atoms with Gasteiger partial charge >= 0.3 is 0 Å². The van der Waals surface area contributed by atoms with Crippen molar-refractivity contribution in [1.82, 2.24) is 4.98 Å². The number of hydrogen-bond acceptors (Lipinski definition) is 3. The molecule has 32 heavy (non-hydrogen) atoms. The van der Waals surface area contributed by atoms with Gasteiger partial charge in [-0.3, -0.25) is 4.98 Å². The summed E-state index contributed by atoms with van der Waals surface area (Å²) in [6.45, 7) is 6.80. The van der Waals surface area contributed by atoms with Crippen LogP contribution in [0.2, 0.25) is 0 Å². The Hall–Kier alpha value is -3.43. The van der Waals surface area contributed by atoms with Crippen molar-refractivity contribution in [2.75, 3.05) is 0 Å². The van der Waals surface area contributed by atoms with Crippen molar-refractivity contribution in [3.05, 3.63) is 89.9 Å². The molecule has 0 aliphatic rings. The number of benzene rings is 3. The molecule has 156 valence electrons. The Morgan fingerprint density at radius 2 is 1.66 bits per heavy atom. The van der Waals surface area contributed by atoms with Gasteiger partial charge in [0.1, 0.15) is 11.3 Å². The highest BCUT2D eigenvalue weighted by Gasteiger charge is 2.20. The van der Waals surface area contributed by atoms with E-state index >= 15 is 0 Å². The van der Waals surface area contributed by atoms with E-state index in [9.17, 15) is 0 Å². The van der Waals surface area contributed by atoms with Crippen LogP contribution in [0.3, 0.4) is 0 Å². The standard InChI is InChI=1S/C29H23NOS/c1-29(2,3)24-15-21(14-19-6-4-5-7-22(19)24)28-23-17-26(31-25(23)10-12-30-28)20-9-8-18-11-13-32-27(18)16-20/h4-17H,1-3H3. The number of pyridine rings is 1. The zero-order chi connectivity index (χ0) is 21.9. The third-order valence-corrected chi connectivity index (χ3v) is 7.01. The van der Waals surface area contributed by atoms with Gasteiger partial charge in [-0.05, 0) is 68.9 Å². The summed E-state index contributed by atoms with van der Waals surface area (Å²) >= 11 is 1.75. The quantitative estimate of drug-likeness (QED) is 0.273. The van der Waals surface area contributed by atoms with E-state index in [-0.39, 0.29) is 5.41 Å². The third-order valence-electron chi connectivity index (χ3n) is 6.13. The predicted molar refractivity (Wildman–Crippen MR) is 136 cm³/mol. The predicted octanol–water partition coefficient (Wildman–Crippen LogP) is 8.83. The molecule has 0 bridgehead atoms. The normalized spacial score (nSPS) is 12.2. The lowest BCUT2D eigenvalue weighted by atomic mass is 9.82. The van der Waals surface area contributed by atoms with E-state index in [1.54, 1.807) is 11.3 Å². The van der Waals surface area contributed by atoms with E-state index in [1.165, 1.54) is 26.4 Å². The molecule has 0 saturated heterocycles. The average Bonchev–Trinajstić information content (AvgIpc) is 3.43. The molecule has 0 unspecified atom stereocenters. The van der Waals surface area contributed by atoms with Gasteiger partial charge in [-0.25, -0.2) is 0 Å². The molecular formula is C29H23NOS. The maximum atomic E-state index is 6.29. The van der Waals surface area contributed by atoms with Crippen molar-refractivity contribution in [3.8, 4) is 22.6 Å². The molecule has 2 nitrogen and oxygen atoms in total. The molecule has 3 aromatic heterocycles. The van der Waals surface area contributed by atoms with Crippen molar-refractivity contribution < 1.29 is 4.42 Å². The fourth-order valence-corrected chi connectivity index (χ4v) is 5.34. The van der Waals surface area contributed by atoms with Crippen LogP contribution in [0.25, 0.3) is 54.4 Å². The van der Waals surface area contributed by atoms with Gasteiger partial charge < -0.3 is 4.42 Å². The molecule has 3 heterocycles. The molecular weight excluding hydrogens is 410 g/mol. The van der Waals surface area contributed by atoms with Crippen LogP contribution in [0, 0.1) is 0 Å². The lowest BCUT2D eigenvalue weighted by molar-refractivity contribution is 0.596. The first-order chi connectivity index (χ1) is 15.5. The number of nitrogens with zero attached hydrogens (tertiary/aromatic N) is 1. The zero-order valence-corrected chi connectivity index (χ0v) is 19.2. The zero-order valence-electron chi connectivity index (χ0n) is 18.3. The smallest absolute Gasteiger partial charge is 0.138 e. The van der Waals surface area contributed by atoms with Crippen molar-refractivity contribution >= 4 is 43.2 Å². The van der Waals surface area contributed by atoms with Gasteiger partial charge in [-0.1, -0.05) is 57.2 Å². The molecule has 3 aromatic carbocycles. The highest BCUT2D eigenvalue weighted by molar-refractivity contribution is 7.17. The second-order valence-corrected chi connectivity index (χ2v) is 10.3. The Morgan fingerprint density at radius 3 is 2.53 bits per heavy atom. The van der Waals surface area contributed by atoms with Gasteiger partial charge in [-0.15, -0.1) is 11.3 Å². The minimum atomic E-state index is 0.0290. The molecule has 6 rings (SSSR count). The summed E-state index contributed by atoms with van der Waals surface area (Å²) in [7, 11) is 0. The largest absolute Gasteiger partial charge is 0.456 e. The van der Waals surface area contributed by atoms with E-state index < -0.39 is 0 Å². The van der Waals surface area contributed by atoms with Gasteiger partial charge in [0.2, 0.25) is 0 Å². The van der Waals surface area contributed by atoms with Crippen molar-refractivity contribution in [2.24, 2.45) is 0 Å². The van der Waals surface area contributed by atoms with Gasteiger partial charge in [0, 0.05) is 27.4 Å². The lowest BCUT2D eigenvalue weighted by Crippen LogP contribution is -2.12. The fourth-order valence-electron chi connectivity index (χ4n) is 4.51. The fraction of sp³-hybridized carbons (Fsp3) is 0.138. The number of rotatable bonds is 2. The van der Waals surface area contributed by atoms with Crippen LogP contribution in [0.5, 0.6) is 0 Å². The van der Waals surface area contributed by atoms with E-state index in [0.717, 1.165) is 33.6 Å². The minimum absolute atomic E-state index is 0.0290. The Labute approximate surface area is 191 Å². The molecule has 6 aromatic rings. The van der Waals surface area contributed by atoms with Gasteiger partial charge in [0.05, 0.1) is 5.69 Å². The summed E-state index contributed by atoms with van der Waals surface area (Å²) in [6.07, 6.45) is 1.85. The molecule has 3 heteroatoms. The first kappa shape index (κ1) is 19.3. The van der Waals surface area contributed by atoms with Crippen molar-refractivity contribution in [1.29, 1.82) is 0 Å². The SMILES string of the molecule is CC(C)(C)c1cc(-c2nccc3oc(-c4ccc5ccsc5c4)cc23)cc2ccccc12. The Balaban J connectivity index is 1.56. The molecule has 0 amide bonds. The van der Waals surface area contributed by atoms with Gasteiger partial charge in [0.25, 0.3) is 0 Å². The topological polar surface area (TPSA) is 26.0 Å². The Kier molecular flexibility index (Phi) is 4.24. The molecule has 0 aliphatic heterocycles. The third kappa shape index (κ3) is 3.12. The van der Waals surface area contributed by atoms with Crippen LogP contribution >= 0.6 is 11.3 Å². The molecule has 0 saturated carbocycles. The number of hydrogen-bond donors (Lipinski definition) is 0. The summed E-state index contributed by atoms with van der Waals surface area (Å²) in [6, 6.07) is 25.9. The number of thiophene rings is 1. The highest BCUT2D eigenvalue weighted by Crippen LogP contribution is 2.38. The maximum Gasteiger partial charge on any atom is 0.138 e. The van der Waals surface area contributed by atoms with Crippen molar-refractivity contribution in [2.45, 2.75) is 26.2 Å². The molecule has 0 N–H and O–H groups in total. The van der Waals surface area contributed by atoms with E-state index in [2.05, 4.69) is 92.9 Å². The van der Waals surface area contributed by atoms with Crippen LogP contribution < -0.4 is 0 Å². The van der Waals surface area contributed by atoms with Crippen LogP contribution in [-0.4, -0.2) is 4.98 Å². The highest BCUT2D eigenvalue weighted by atomic mass is 32.1.